The lowest BCUT2D eigenvalue weighted by Crippen LogP contribution is -2.30. The molecule has 1 nitrogen and oxygen atoms in total. The first-order valence-corrected chi connectivity index (χ1v) is 8.85. The van der Waals surface area contributed by atoms with Crippen LogP contribution in [-0.4, -0.2) is 0 Å². The van der Waals surface area contributed by atoms with Gasteiger partial charge in [-0.1, -0.05) is 41.5 Å². The molecule has 1 aromatic heterocycles. The van der Waals surface area contributed by atoms with E-state index in [0.29, 0.717) is 0 Å². The predicted octanol–water partition coefficient (Wildman–Crippen LogP) is 5.72. The zero-order chi connectivity index (χ0) is 17.7. The molecule has 1 heterocycles. The topological polar surface area (TPSA) is 3.88 Å². The molecular weight excluding hydrogens is 302 g/mol. The van der Waals surface area contributed by atoms with Crippen molar-refractivity contribution in [3.05, 3.63) is 77.0 Å². The molecule has 0 aliphatic heterocycles. The molecule has 0 N–H and O–H groups in total. The fraction of sp³-hybridized carbons (Fsp3) is 0.208. The molecule has 0 aliphatic rings. The second-order valence-electron chi connectivity index (χ2n) is 7.28. The Hall–Kier alpha value is -2.67. The Morgan fingerprint density at radius 1 is 0.680 bits per heavy atom. The number of hydrogen-bond donors (Lipinski definition) is 0. The van der Waals surface area contributed by atoms with E-state index in [-0.39, 0.29) is 0 Å². The number of pyridine rings is 1. The molecule has 0 fully saturated rings. The largest absolute Gasteiger partial charge is 0.220 e. The van der Waals surface area contributed by atoms with Crippen LogP contribution in [0.3, 0.4) is 0 Å². The van der Waals surface area contributed by atoms with Crippen LogP contribution in [0.4, 0.5) is 0 Å². The van der Waals surface area contributed by atoms with Crippen molar-refractivity contribution >= 4 is 21.5 Å². The zero-order valence-electron chi connectivity index (χ0n) is 15.6. The lowest BCUT2D eigenvalue weighted by Gasteiger charge is -2.12. The predicted molar refractivity (Wildman–Crippen MR) is 107 cm³/mol. The van der Waals surface area contributed by atoms with Gasteiger partial charge in [-0.05, 0) is 61.7 Å². The highest BCUT2D eigenvalue weighted by molar-refractivity contribution is 6.10. The highest BCUT2D eigenvalue weighted by Gasteiger charge is 2.19. The maximum absolute atomic E-state index is 2.32. The molecular formula is C24H24N+. The number of aryl methyl sites for hydroxylation is 4. The summed E-state index contributed by atoms with van der Waals surface area (Å²) in [6, 6.07) is 18.1. The lowest BCUT2D eigenvalue weighted by molar-refractivity contribution is -0.659. The normalized spacial score (nSPS) is 11.4. The van der Waals surface area contributed by atoms with Gasteiger partial charge < -0.3 is 0 Å². The molecule has 1 heteroatoms. The van der Waals surface area contributed by atoms with Crippen molar-refractivity contribution in [1.82, 2.24) is 0 Å². The van der Waals surface area contributed by atoms with E-state index >= 15 is 0 Å². The van der Waals surface area contributed by atoms with Crippen LogP contribution >= 0.6 is 0 Å². The number of fused-ring (bicyclic) bond motifs is 3. The molecule has 0 atom stereocenters. The van der Waals surface area contributed by atoms with E-state index in [1.54, 1.807) is 0 Å². The Bertz CT molecular complexity index is 1140. The SMILES string of the molecule is Cc1cc(C)c(C)c(-c2c3ccc4cc(C)ccc4c3cc[n+]2C)c1. The van der Waals surface area contributed by atoms with Gasteiger partial charge in [0.1, 0.15) is 7.05 Å². The molecule has 124 valence electrons. The van der Waals surface area contributed by atoms with E-state index in [0.717, 1.165) is 0 Å². The van der Waals surface area contributed by atoms with Crippen LogP contribution in [0.2, 0.25) is 0 Å². The van der Waals surface area contributed by atoms with Crippen LogP contribution in [0.1, 0.15) is 22.3 Å². The number of hydrogen-bond acceptors (Lipinski definition) is 0. The first kappa shape index (κ1) is 15.8. The first-order chi connectivity index (χ1) is 12.0. The molecule has 0 amide bonds. The summed E-state index contributed by atoms with van der Waals surface area (Å²) in [6.07, 6.45) is 2.19. The van der Waals surface area contributed by atoms with Gasteiger partial charge in [-0.3, -0.25) is 0 Å². The number of aromatic nitrogens is 1. The lowest BCUT2D eigenvalue weighted by atomic mass is 9.93. The number of nitrogens with zero attached hydrogens (tertiary/aromatic N) is 1. The van der Waals surface area contributed by atoms with Crippen LogP contribution in [-0.2, 0) is 7.05 Å². The number of rotatable bonds is 1. The van der Waals surface area contributed by atoms with E-state index in [1.807, 2.05) is 0 Å². The van der Waals surface area contributed by atoms with Crippen molar-refractivity contribution in [2.45, 2.75) is 27.7 Å². The summed E-state index contributed by atoms with van der Waals surface area (Å²) in [6.45, 7) is 8.76. The van der Waals surface area contributed by atoms with Crippen molar-refractivity contribution in [3.63, 3.8) is 0 Å². The highest BCUT2D eigenvalue weighted by Crippen LogP contribution is 2.33. The van der Waals surface area contributed by atoms with Gasteiger partial charge in [0, 0.05) is 11.5 Å². The van der Waals surface area contributed by atoms with Crippen LogP contribution in [0.5, 0.6) is 0 Å². The fourth-order valence-electron chi connectivity index (χ4n) is 3.93. The average molecular weight is 326 g/mol. The van der Waals surface area contributed by atoms with Crippen LogP contribution in [0, 0.1) is 27.7 Å². The third kappa shape index (κ3) is 2.51. The molecule has 0 radical (unpaired) electrons. The second-order valence-corrected chi connectivity index (χ2v) is 7.28. The minimum Gasteiger partial charge on any atom is -0.200 e. The zero-order valence-corrected chi connectivity index (χ0v) is 15.6. The quantitative estimate of drug-likeness (QED) is 0.311. The Kier molecular flexibility index (Phi) is 3.61. The van der Waals surface area contributed by atoms with E-state index in [4.69, 9.17) is 0 Å². The monoisotopic (exact) mass is 326 g/mol. The third-order valence-electron chi connectivity index (χ3n) is 5.36. The minimum absolute atomic E-state index is 1.30. The standard InChI is InChI=1S/C24H24N/c1-15-6-8-20-19(13-15)7-9-22-21(20)10-11-25(5)24(22)23-14-16(2)12-17(3)18(23)4/h6-14H,1-5H3/q+1. The van der Waals surface area contributed by atoms with Crippen molar-refractivity contribution < 1.29 is 4.57 Å². The van der Waals surface area contributed by atoms with E-state index < -0.39 is 0 Å². The highest BCUT2D eigenvalue weighted by atomic mass is 14.9. The minimum atomic E-state index is 1.30. The first-order valence-electron chi connectivity index (χ1n) is 8.85. The van der Waals surface area contributed by atoms with Gasteiger partial charge in [0.25, 0.3) is 0 Å². The van der Waals surface area contributed by atoms with Crippen LogP contribution < -0.4 is 4.57 Å². The molecule has 4 rings (SSSR count). The number of benzene rings is 3. The fourth-order valence-corrected chi connectivity index (χ4v) is 3.93. The molecule has 0 saturated carbocycles. The van der Waals surface area contributed by atoms with Gasteiger partial charge in [0.05, 0.1) is 10.9 Å². The van der Waals surface area contributed by atoms with E-state index in [1.165, 1.54) is 55.1 Å². The summed E-state index contributed by atoms with van der Waals surface area (Å²) in [5.41, 5.74) is 7.95. The van der Waals surface area contributed by atoms with Crippen LogP contribution in [0.25, 0.3) is 32.8 Å². The Morgan fingerprint density at radius 3 is 2.24 bits per heavy atom. The molecule has 0 bridgehead atoms. The summed E-state index contributed by atoms with van der Waals surface area (Å²) in [5.74, 6) is 0. The van der Waals surface area contributed by atoms with Gasteiger partial charge >= 0.3 is 0 Å². The Labute approximate surface area is 149 Å². The van der Waals surface area contributed by atoms with Gasteiger partial charge in [0.2, 0.25) is 5.69 Å². The van der Waals surface area contributed by atoms with Gasteiger partial charge in [-0.15, -0.1) is 0 Å². The van der Waals surface area contributed by atoms with Crippen molar-refractivity contribution in [2.75, 3.05) is 0 Å². The second kappa shape index (κ2) is 5.70. The van der Waals surface area contributed by atoms with E-state index in [9.17, 15) is 0 Å². The molecule has 25 heavy (non-hydrogen) atoms. The van der Waals surface area contributed by atoms with Gasteiger partial charge in [-0.25, -0.2) is 4.57 Å². The molecule has 3 aromatic carbocycles. The molecule has 4 aromatic rings. The van der Waals surface area contributed by atoms with E-state index in [2.05, 4.69) is 94.0 Å². The average Bonchev–Trinajstić information content (AvgIpc) is 2.57. The Balaban J connectivity index is 2.15. The smallest absolute Gasteiger partial charge is 0.200 e. The maximum Gasteiger partial charge on any atom is 0.220 e. The molecule has 0 saturated heterocycles. The van der Waals surface area contributed by atoms with Crippen molar-refractivity contribution in [1.29, 1.82) is 0 Å². The summed E-state index contributed by atoms with van der Waals surface area (Å²) in [4.78, 5) is 0. The molecule has 0 unspecified atom stereocenters. The van der Waals surface area contributed by atoms with Crippen molar-refractivity contribution in [2.24, 2.45) is 7.05 Å². The summed E-state index contributed by atoms with van der Waals surface area (Å²) in [5, 5.41) is 5.27. The van der Waals surface area contributed by atoms with Gasteiger partial charge in [-0.2, -0.15) is 0 Å². The summed E-state index contributed by atoms with van der Waals surface area (Å²) in [7, 11) is 2.14. The summed E-state index contributed by atoms with van der Waals surface area (Å²) < 4.78 is 2.25. The molecule has 0 aliphatic carbocycles. The van der Waals surface area contributed by atoms with Gasteiger partial charge in [0.15, 0.2) is 6.20 Å². The molecule has 0 spiro atoms. The summed E-state index contributed by atoms with van der Waals surface area (Å²) >= 11 is 0. The maximum atomic E-state index is 2.32. The van der Waals surface area contributed by atoms with Crippen LogP contribution in [0.15, 0.2) is 54.7 Å². The van der Waals surface area contributed by atoms with Crippen molar-refractivity contribution in [3.8, 4) is 11.3 Å². The third-order valence-corrected chi connectivity index (χ3v) is 5.36. The Morgan fingerprint density at radius 2 is 1.44 bits per heavy atom.